The number of H-pyrrole nitrogens is 1. The van der Waals surface area contributed by atoms with Crippen molar-refractivity contribution >= 4 is 5.91 Å². The number of nitrogens with one attached hydrogen (secondary N) is 2. The minimum atomic E-state index is -0.255. The van der Waals surface area contributed by atoms with E-state index in [-0.39, 0.29) is 18.0 Å². The molecule has 118 valence electrons. The second kappa shape index (κ2) is 6.60. The van der Waals surface area contributed by atoms with Gasteiger partial charge in [-0.15, -0.1) is 0 Å². The molecule has 0 saturated heterocycles. The second-order valence-corrected chi connectivity index (χ2v) is 5.17. The van der Waals surface area contributed by atoms with Crippen LogP contribution in [0.4, 0.5) is 0 Å². The van der Waals surface area contributed by atoms with Crippen molar-refractivity contribution in [2.24, 2.45) is 0 Å². The fourth-order valence-corrected chi connectivity index (χ4v) is 2.58. The van der Waals surface area contributed by atoms with E-state index in [0.717, 1.165) is 17.7 Å². The molecular weight excluding hydrogens is 282 g/mol. The molecule has 2 rings (SSSR count). The molecule has 0 fully saturated rings. The number of carbonyl (C=O) groups is 1. The van der Waals surface area contributed by atoms with E-state index in [4.69, 9.17) is 4.42 Å². The van der Waals surface area contributed by atoms with Crippen molar-refractivity contribution in [2.75, 3.05) is 0 Å². The molecule has 0 unspecified atom stereocenters. The number of nitrogens with zero attached hydrogens (tertiary/aromatic N) is 1. The van der Waals surface area contributed by atoms with E-state index in [1.165, 1.54) is 0 Å². The van der Waals surface area contributed by atoms with Crippen LogP contribution in [-0.4, -0.2) is 16.1 Å². The van der Waals surface area contributed by atoms with Crippen LogP contribution in [0.3, 0.4) is 0 Å². The van der Waals surface area contributed by atoms with Gasteiger partial charge in [-0.1, -0.05) is 13.8 Å². The maximum absolute atomic E-state index is 12.2. The molecule has 1 amide bonds. The van der Waals surface area contributed by atoms with Gasteiger partial charge in [0.25, 0.3) is 11.5 Å². The first kappa shape index (κ1) is 16.0. The fourth-order valence-electron chi connectivity index (χ4n) is 2.58. The maximum Gasteiger partial charge on any atom is 0.269 e. The van der Waals surface area contributed by atoms with Gasteiger partial charge in [0.2, 0.25) is 0 Å². The molecule has 2 aromatic heterocycles. The second-order valence-electron chi connectivity index (χ2n) is 5.17. The van der Waals surface area contributed by atoms with E-state index in [1.807, 2.05) is 13.8 Å². The van der Waals surface area contributed by atoms with Crippen LogP contribution in [0.1, 0.15) is 52.5 Å². The van der Waals surface area contributed by atoms with Gasteiger partial charge >= 0.3 is 0 Å². The number of aryl methyl sites for hydroxylation is 3. The highest BCUT2D eigenvalue weighted by atomic mass is 16.3. The summed E-state index contributed by atoms with van der Waals surface area (Å²) in [6.45, 7) is 7.68. The lowest BCUT2D eigenvalue weighted by Gasteiger charge is -2.11. The number of aromatic amines is 1. The zero-order valence-electron chi connectivity index (χ0n) is 13.4. The van der Waals surface area contributed by atoms with Gasteiger partial charge < -0.3 is 9.73 Å². The molecule has 0 aliphatic heterocycles. The molecule has 0 radical (unpaired) electrons. The third kappa shape index (κ3) is 3.10. The molecule has 6 nitrogen and oxygen atoms in total. The van der Waals surface area contributed by atoms with E-state index in [2.05, 4.69) is 15.5 Å². The normalized spacial score (nSPS) is 10.7. The number of hydrogen-bond donors (Lipinski definition) is 2. The third-order valence-corrected chi connectivity index (χ3v) is 3.68. The standard InChI is InChI=1S/C16H21N3O3/c1-5-11-13(16(21)19-18-14(11)6-2)8-17-15(20)12-7-9(3)22-10(12)4/h7H,5-6,8H2,1-4H3,(H,17,20)(H,19,21). The highest BCUT2D eigenvalue weighted by molar-refractivity contribution is 5.95. The number of carbonyl (C=O) groups excluding carboxylic acids is 1. The van der Waals surface area contributed by atoms with Crippen LogP contribution in [0, 0.1) is 13.8 Å². The van der Waals surface area contributed by atoms with Crippen LogP contribution in [0.25, 0.3) is 0 Å². The van der Waals surface area contributed by atoms with Crippen LogP contribution in [0.2, 0.25) is 0 Å². The number of aromatic nitrogens is 2. The summed E-state index contributed by atoms with van der Waals surface area (Å²) < 4.78 is 5.35. The predicted octanol–water partition coefficient (Wildman–Crippen LogP) is 2.03. The Morgan fingerprint density at radius 1 is 1.27 bits per heavy atom. The smallest absolute Gasteiger partial charge is 0.269 e. The van der Waals surface area contributed by atoms with Gasteiger partial charge in [-0.05, 0) is 38.3 Å². The number of amides is 1. The molecule has 0 saturated carbocycles. The Kier molecular flexibility index (Phi) is 4.80. The van der Waals surface area contributed by atoms with Crippen LogP contribution in [-0.2, 0) is 19.4 Å². The maximum atomic E-state index is 12.2. The first-order valence-corrected chi connectivity index (χ1v) is 7.42. The monoisotopic (exact) mass is 303 g/mol. The van der Waals surface area contributed by atoms with Crippen molar-refractivity contribution in [1.29, 1.82) is 0 Å². The van der Waals surface area contributed by atoms with Gasteiger partial charge in [-0.3, -0.25) is 9.59 Å². The molecule has 0 spiro atoms. The quantitative estimate of drug-likeness (QED) is 0.884. The summed E-state index contributed by atoms with van der Waals surface area (Å²) >= 11 is 0. The Labute approximate surface area is 128 Å². The SMILES string of the molecule is CCc1n[nH]c(=O)c(CNC(=O)c2cc(C)oc2C)c1CC. The number of furan rings is 1. The Hall–Kier alpha value is -2.37. The summed E-state index contributed by atoms with van der Waals surface area (Å²) in [6.07, 6.45) is 1.44. The van der Waals surface area contributed by atoms with Crippen molar-refractivity contribution in [3.05, 3.63) is 50.3 Å². The topological polar surface area (TPSA) is 88.0 Å². The lowest BCUT2D eigenvalue weighted by molar-refractivity contribution is 0.0949. The van der Waals surface area contributed by atoms with Crippen molar-refractivity contribution in [3.63, 3.8) is 0 Å². The number of rotatable bonds is 5. The van der Waals surface area contributed by atoms with E-state index in [1.54, 1.807) is 19.9 Å². The fraction of sp³-hybridized carbons (Fsp3) is 0.438. The molecule has 2 N–H and O–H groups in total. The van der Waals surface area contributed by atoms with Crippen LogP contribution in [0.5, 0.6) is 0 Å². The molecule has 0 aliphatic rings. The molecule has 0 aromatic carbocycles. The van der Waals surface area contributed by atoms with Gasteiger partial charge in [-0.2, -0.15) is 5.10 Å². The van der Waals surface area contributed by atoms with Crippen LogP contribution in [0.15, 0.2) is 15.3 Å². The molecule has 0 aliphatic carbocycles. The molecular formula is C16H21N3O3. The lowest BCUT2D eigenvalue weighted by atomic mass is 10.0. The van der Waals surface area contributed by atoms with Crippen LogP contribution < -0.4 is 10.9 Å². The zero-order valence-corrected chi connectivity index (χ0v) is 13.4. The first-order valence-electron chi connectivity index (χ1n) is 7.42. The average Bonchev–Trinajstić information content (AvgIpc) is 2.84. The summed E-state index contributed by atoms with van der Waals surface area (Å²) in [6, 6.07) is 1.69. The predicted molar refractivity (Wildman–Crippen MR) is 83.0 cm³/mol. The largest absolute Gasteiger partial charge is 0.466 e. The van der Waals surface area contributed by atoms with Crippen molar-refractivity contribution in [3.8, 4) is 0 Å². The summed E-state index contributed by atoms with van der Waals surface area (Å²) in [7, 11) is 0. The van der Waals surface area contributed by atoms with E-state index in [9.17, 15) is 9.59 Å². The Morgan fingerprint density at radius 3 is 2.55 bits per heavy atom. The van der Waals surface area contributed by atoms with Crippen molar-refractivity contribution in [2.45, 2.75) is 47.1 Å². The average molecular weight is 303 g/mol. The molecule has 2 aromatic rings. The van der Waals surface area contributed by atoms with Crippen LogP contribution >= 0.6 is 0 Å². The Balaban J connectivity index is 2.23. The summed E-state index contributed by atoms with van der Waals surface area (Å²) in [5.41, 5.74) is 2.58. The van der Waals surface area contributed by atoms with E-state index in [0.29, 0.717) is 29.1 Å². The van der Waals surface area contributed by atoms with Gasteiger partial charge in [0, 0.05) is 12.1 Å². The molecule has 0 bridgehead atoms. The van der Waals surface area contributed by atoms with Crippen molar-refractivity contribution in [1.82, 2.24) is 15.5 Å². The molecule has 22 heavy (non-hydrogen) atoms. The molecule has 0 atom stereocenters. The third-order valence-electron chi connectivity index (χ3n) is 3.68. The first-order chi connectivity index (χ1) is 10.5. The van der Waals surface area contributed by atoms with Gasteiger partial charge in [0.1, 0.15) is 11.5 Å². The van der Waals surface area contributed by atoms with Gasteiger partial charge in [0.15, 0.2) is 0 Å². The Bertz CT molecular complexity index is 744. The molecule has 2 heterocycles. The highest BCUT2D eigenvalue weighted by Gasteiger charge is 2.16. The number of hydrogen-bond acceptors (Lipinski definition) is 4. The van der Waals surface area contributed by atoms with Gasteiger partial charge in [0.05, 0.1) is 11.3 Å². The Morgan fingerprint density at radius 2 is 2.00 bits per heavy atom. The van der Waals surface area contributed by atoms with Gasteiger partial charge in [-0.25, -0.2) is 5.10 Å². The zero-order chi connectivity index (χ0) is 16.3. The summed E-state index contributed by atoms with van der Waals surface area (Å²) in [5, 5.41) is 9.35. The lowest BCUT2D eigenvalue weighted by Crippen LogP contribution is -2.29. The highest BCUT2D eigenvalue weighted by Crippen LogP contribution is 2.14. The van der Waals surface area contributed by atoms with Crippen molar-refractivity contribution < 1.29 is 9.21 Å². The molecule has 6 heteroatoms. The van der Waals surface area contributed by atoms with E-state index >= 15 is 0 Å². The summed E-state index contributed by atoms with van der Waals surface area (Å²) in [5.74, 6) is 1.01. The minimum Gasteiger partial charge on any atom is -0.466 e. The van der Waals surface area contributed by atoms with E-state index < -0.39 is 0 Å². The minimum absolute atomic E-state index is 0.177. The summed E-state index contributed by atoms with van der Waals surface area (Å²) in [4.78, 5) is 24.2.